The molecule has 2 atom stereocenters. The lowest BCUT2D eigenvalue weighted by molar-refractivity contribution is -0.137. The average molecular weight is 243 g/mol. The van der Waals surface area contributed by atoms with Crippen LogP contribution < -0.4 is 16.4 Å². The highest BCUT2D eigenvalue weighted by Crippen LogP contribution is 2.06. The Morgan fingerprint density at radius 2 is 2.18 bits per heavy atom. The molecule has 1 aliphatic heterocycles. The molecular weight excluding hydrogens is 226 g/mol. The van der Waals surface area contributed by atoms with E-state index in [0.29, 0.717) is 0 Å². The van der Waals surface area contributed by atoms with E-state index < -0.39 is 17.9 Å². The molecule has 1 fully saturated rings. The van der Waals surface area contributed by atoms with Crippen LogP contribution in [0.1, 0.15) is 25.7 Å². The predicted octanol–water partition coefficient (Wildman–Crippen LogP) is -1.43. The molecule has 0 saturated carbocycles. The lowest BCUT2D eigenvalue weighted by Crippen LogP contribution is -2.50. The van der Waals surface area contributed by atoms with Crippen LogP contribution >= 0.6 is 0 Å². The molecule has 2 amide bonds. The van der Waals surface area contributed by atoms with E-state index >= 15 is 0 Å². The second kappa shape index (κ2) is 6.19. The van der Waals surface area contributed by atoms with E-state index in [4.69, 9.17) is 10.8 Å². The fraction of sp³-hybridized carbons (Fsp3) is 0.700. The second-order valence-corrected chi connectivity index (χ2v) is 4.04. The number of carboxylic acid groups (broad SMARTS) is 1. The fourth-order valence-corrected chi connectivity index (χ4v) is 1.73. The lowest BCUT2D eigenvalue weighted by Gasteiger charge is -2.17. The van der Waals surface area contributed by atoms with E-state index in [0.717, 1.165) is 19.4 Å². The quantitative estimate of drug-likeness (QED) is 0.456. The van der Waals surface area contributed by atoms with E-state index in [-0.39, 0.29) is 24.8 Å². The van der Waals surface area contributed by atoms with Crippen molar-refractivity contribution in [2.24, 2.45) is 5.73 Å². The summed E-state index contributed by atoms with van der Waals surface area (Å²) in [5, 5.41) is 14.0. The molecule has 0 spiro atoms. The van der Waals surface area contributed by atoms with Gasteiger partial charge in [-0.15, -0.1) is 0 Å². The number of hydrogen-bond donors (Lipinski definition) is 4. The lowest BCUT2D eigenvalue weighted by atomic mass is 10.1. The molecule has 1 saturated heterocycles. The zero-order chi connectivity index (χ0) is 12.8. The van der Waals surface area contributed by atoms with Crippen LogP contribution in [0.15, 0.2) is 0 Å². The van der Waals surface area contributed by atoms with Crippen molar-refractivity contribution >= 4 is 17.8 Å². The Balaban J connectivity index is 2.44. The van der Waals surface area contributed by atoms with Gasteiger partial charge < -0.3 is 21.5 Å². The Labute approximate surface area is 98.7 Å². The van der Waals surface area contributed by atoms with Gasteiger partial charge in [-0.3, -0.25) is 14.4 Å². The third-order valence-electron chi connectivity index (χ3n) is 2.68. The average Bonchev–Trinajstić information content (AvgIpc) is 2.76. The summed E-state index contributed by atoms with van der Waals surface area (Å²) in [5.74, 6) is -2.03. The SMILES string of the molecule is NC(=O)[C@H](CCC(=O)O)NC(=O)[C@@H]1CCCN1. The van der Waals surface area contributed by atoms with E-state index in [1.54, 1.807) is 0 Å². The number of rotatable bonds is 6. The summed E-state index contributed by atoms with van der Waals surface area (Å²) in [6, 6.07) is -1.22. The van der Waals surface area contributed by atoms with Gasteiger partial charge in [0, 0.05) is 6.42 Å². The Morgan fingerprint density at radius 1 is 1.47 bits per heavy atom. The van der Waals surface area contributed by atoms with Crippen LogP contribution in [0.3, 0.4) is 0 Å². The van der Waals surface area contributed by atoms with Gasteiger partial charge in [0.1, 0.15) is 6.04 Å². The molecule has 96 valence electrons. The summed E-state index contributed by atoms with van der Waals surface area (Å²) >= 11 is 0. The van der Waals surface area contributed by atoms with Crippen LogP contribution in [0, 0.1) is 0 Å². The van der Waals surface area contributed by atoms with E-state index in [1.807, 2.05) is 0 Å². The molecule has 0 aliphatic carbocycles. The summed E-state index contributed by atoms with van der Waals surface area (Å²) in [4.78, 5) is 33.1. The van der Waals surface area contributed by atoms with Crippen LogP contribution in [0.25, 0.3) is 0 Å². The summed E-state index contributed by atoms with van der Waals surface area (Å²) in [5.41, 5.74) is 5.10. The van der Waals surface area contributed by atoms with Gasteiger partial charge in [-0.25, -0.2) is 0 Å². The van der Waals surface area contributed by atoms with E-state index in [2.05, 4.69) is 10.6 Å². The second-order valence-electron chi connectivity index (χ2n) is 4.04. The number of aliphatic carboxylic acids is 1. The molecule has 1 rings (SSSR count). The van der Waals surface area contributed by atoms with Gasteiger partial charge in [0.2, 0.25) is 11.8 Å². The van der Waals surface area contributed by atoms with Crippen molar-refractivity contribution in [3.05, 3.63) is 0 Å². The molecule has 7 nitrogen and oxygen atoms in total. The first-order valence-electron chi connectivity index (χ1n) is 5.55. The molecule has 1 heterocycles. The monoisotopic (exact) mass is 243 g/mol. The Kier molecular flexibility index (Phi) is 4.89. The zero-order valence-corrected chi connectivity index (χ0v) is 9.44. The number of hydrogen-bond acceptors (Lipinski definition) is 4. The van der Waals surface area contributed by atoms with Crippen molar-refractivity contribution in [2.75, 3.05) is 6.54 Å². The number of carbonyl (C=O) groups excluding carboxylic acids is 2. The highest BCUT2D eigenvalue weighted by atomic mass is 16.4. The first-order valence-corrected chi connectivity index (χ1v) is 5.55. The van der Waals surface area contributed by atoms with Gasteiger partial charge >= 0.3 is 5.97 Å². The number of carbonyl (C=O) groups is 3. The first kappa shape index (κ1) is 13.4. The van der Waals surface area contributed by atoms with Crippen LogP contribution in [0.2, 0.25) is 0 Å². The number of carboxylic acids is 1. The molecular formula is C10H17N3O4. The molecule has 7 heteroatoms. The predicted molar refractivity (Wildman–Crippen MR) is 59.0 cm³/mol. The van der Waals surface area contributed by atoms with Crippen molar-refractivity contribution in [2.45, 2.75) is 37.8 Å². The fourth-order valence-electron chi connectivity index (χ4n) is 1.73. The summed E-state index contributed by atoms with van der Waals surface area (Å²) < 4.78 is 0. The highest BCUT2D eigenvalue weighted by Gasteiger charge is 2.26. The van der Waals surface area contributed by atoms with E-state index in [9.17, 15) is 14.4 Å². The third kappa shape index (κ3) is 4.39. The Bertz CT molecular complexity index is 313. The number of primary amides is 1. The van der Waals surface area contributed by atoms with Crippen LogP contribution in [0.4, 0.5) is 0 Å². The normalized spacial score (nSPS) is 20.8. The van der Waals surface area contributed by atoms with Crippen molar-refractivity contribution in [1.82, 2.24) is 10.6 Å². The zero-order valence-electron chi connectivity index (χ0n) is 9.44. The third-order valence-corrected chi connectivity index (χ3v) is 2.68. The Hall–Kier alpha value is -1.63. The molecule has 0 bridgehead atoms. The van der Waals surface area contributed by atoms with Crippen molar-refractivity contribution < 1.29 is 19.5 Å². The Morgan fingerprint density at radius 3 is 2.65 bits per heavy atom. The first-order chi connectivity index (χ1) is 8.00. The van der Waals surface area contributed by atoms with E-state index in [1.165, 1.54) is 0 Å². The molecule has 0 aromatic carbocycles. The van der Waals surface area contributed by atoms with Gasteiger partial charge in [-0.05, 0) is 25.8 Å². The van der Waals surface area contributed by atoms with Crippen molar-refractivity contribution in [1.29, 1.82) is 0 Å². The minimum atomic E-state index is -1.02. The minimum absolute atomic E-state index is 0.0170. The molecule has 0 aromatic rings. The topological polar surface area (TPSA) is 122 Å². The van der Waals surface area contributed by atoms with Crippen LogP contribution in [-0.4, -0.2) is 41.5 Å². The van der Waals surface area contributed by atoms with Gasteiger partial charge in [0.05, 0.1) is 6.04 Å². The maximum atomic E-state index is 11.7. The molecule has 5 N–H and O–H groups in total. The van der Waals surface area contributed by atoms with Crippen LogP contribution in [-0.2, 0) is 14.4 Å². The largest absolute Gasteiger partial charge is 0.481 e. The summed E-state index contributed by atoms with van der Waals surface area (Å²) in [7, 11) is 0. The molecule has 0 unspecified atom stereocenters. The molecule has 0 aromatic heterocycles. The summed E-state index contributed by atoms with van der Waals surface area (Å²) in [6.07, 6.45) is 1.44. The van der Waals surface area contributed by atoms with Crippen molar-refractivity contribution in [3.8, 4) is 0 Å². The van der Waals surface area contributed by atoms with Gasteiger partial charge in [-0.2, -0.15) is 0 Å². The molecule has 0 radical (unpaired) electrons. The summed E-state index contributed by atoms with van der Waals surface area (Å²) in [6.45, 7) is 0.772. The number of nitrogens with one attached hydrogen (secondary N) is 2. The van der Waals surface area contributed by atoms with Gasteiger partial charge in [-0.1, -0.05) is 0 Å². The number of nitrogens with two attached hydrogens (primary N) is 1. The molecule has 17 heavy (non-hydrogen) atoms. The number of amides is 2. The molecule has 1 aliphatic rings. The highest BCUT2D eigenvalue weighted by molar-refractivity contribution is 5.89. The van der Waals surface area contributed by atoms with Gasteiger partial charge in [0.25, 0.3) is 0 Å². The van der Waals surface area contributed by atoms with Gasteiger partial charge in [0.15, 0.2) is 0 Å². The van der Waals surface area contributed by atoms with Crippen molar-refractivity contribution in [3.63, 3.8) is 0 Å². The smallest absolute Gasteiger partial charge is 0.303 e. The maximum absolute atomic E-state index is 11.7. The van der Waals surface area contributed by atoms with Crippen LogP contribution in [0.5, 0.6) is 0 Å². The standard InChI is InChI=1S/C10H17N3O4/c11-9(16)6(3-4-8(14)15)13-10(17)7-2-1-5-12-7/h6-7,12H,1-5H2,(H2,11,16)(H,13,17)(H,14,15)/t6-,7-/m0/s1. The minimum Gasteiger partial charge on any atom is -0.481 e. The maximum Gasteiger partial charge on any atom is 0.303 e.